The molecule has 0 saturated carbocycles. The van der Waals surface area contributed by atoms with Gasteiger partial charge in [-0.1, -0.05) is 64.6 Å². The molecule has 2 N–H and O–H groups in total. The van der Waals surface area contributed by atoms with Crippen LogP contribution in [0.25, 0.3) is 33.3 Å². The minimum atomic E-state index is -2.95. The molecular formula is C50H65N7O8Si2. The number of carbonyl (C=O) groups is 5. The molecule has 2 aromatic heterocycles. The number of hydrogen-bond acceptors (Lipinski definition) is 10. The first kappa shape index (κ1) is 48.0. The lowest BCUT2D eigenvalue weighted by Gasteiger charge is -2.32. The van der Waals surface area contributed by atoms with Gasteiger partial charge in [0.1, 0.15) is 22.5 Å². The Morgan fingerprint density at radius 2 is 1.88 bits per heavy atom. The van der Waals surface area contributed by atoms with Crippen LogP contribution in [0.3, 0.4) is 0 Å². The van der Waals surface area contributed by atoms with Crippen molar-refractivity contribution >= 4 is 58.8 Å². The fourth-order valence-electron chi connectivity index (χ4n) is 10.4. The van der Waals surface area contributed by atoms with Crippen molar-refractivity contribution in [3.8, 4) is 22.4 Å². The van der Waals surface area contributed by atoms with Crippen molar-refractivity contribution in [2.75, 3.05) is 40.1 Å². The van der Waals surface area contributed by atoms with Crippen LogP contribution < -0.4 is 10.1 Å². The molecule has 4 amide bonds. The smallest absolute Gasteiger partial charge is 0.307 e. The SMILES string of the molecule is C=CC(=O)N1CCC2(C1)OCN([C@H](C(=O)N[Si@H]1Cc3cccc(c3)-c3ccc4c(c3)c(c(-c3cccnc3[C@H](C)OC)n4CC)CC(C)(C)COC(=O)[C@@H]3CCCN(N[SiH2]3)C1=O)C(C)C)C2=O. The number of methoxy groups -OCH3 is 1. The van der Waals surface area contributed by atoms with E-state index in [4.69, 9.17) is 19.2 Å². The van der Waals surface area contributed by atoms with Gasteiger partial charge in [0.25, 0.3) is 5.91 Å². The minimum absolute atomic E-state index is 0.0849. The number of pyridine rings is 1. The Bertz CT molecular complexity index is 2580. The Labute approximate surface area is 397 Å². The van der Waals surface area contributed by atoms with E-state index in [2.05, 4.69) is 78.4 Å². The Morgan fingerprint density at radius 1 is 1.09 bits per heavy atom. The first-order valence-electron chi connectivity index (χ1n) is 23.7. The zero-order valence-electron chi connectivity index (χ0n) is 39.9. The molecule has 356 valence electrons. The molecule has 8 rings (SSSR count). The van der Waals surface area contributed by atoms with Gasteiger partial charge in [-0.2, -0.15) is 0 Å². The van der Waals surface area contributed by atoms with Gasteiger partial charge in [-0.3, -0.25) is 39.1 Å². The van der Waals surface area contributed by atoms with E-state index in [0.717, 1.165) is 50.1 Å². The van der Waals surface area contributed by atoms with Crippen molar-refractivity contribution in [3.63, 3.8) is 0 Å². The number of benzene rings is 2. The highest BCUT2D eigenvalue weighted by Crippen LogP contribution is 2.42. The van der Waals surface area contributed by atoms with Crippen molar-refractivity contribution in [1.82, 2.24) is 34.4 Å². The van der Waals surface area contributed by atoms with Crippen LogP contribution in [0, 0.1) is 11.3 Å². The Morgan fingerprint density at radius 3 is 2.63 bits per heavy atom. The summed E-state index contributed by atoms with van der Waals surface area (Å²) >= 11 is 0. The van der Waals surface area contributed by atoms with Crippen molar-refractivity contribution in [2.45, 2.75) is 103 Å². The van der Waals surface area contributed by atoms with Crippen molar-refractivity contribution in [3.05, 3.63) is 90.3 Å². The molecule has 0 aliphatic carbocycles. The number of ether oxygens (including phenoxy) is 3. The summed E-state index contributed by atoms with van der Waals surface area (Å²) in [5, 5.41) is 6.13. The lowest BCUT2D eigenvalue weighted by molar-refractivity contribution is -0.146. The largest absolute Gasteiger partial charge is 0.465 e. The molecule has 3 saturated heterocycles. The first-order valence-corrected chi connectivity index (χ1v) is 27.2. The van der Waals surface area contributed by atoms with Crippen molar-refractivity contribution in [1.29, 1.82) is 0 Å². The van der Waals surface area contributed by atoms with E-state index in [-0.39, 0.29) is 60.8 Å². The van der Waals surface area contributed by atoms with Crippen molar-refractivity contribution < 1.29 is 38.2 Å². The number of fused-ring (bicyclic) bond motifs is 7. The van der Waals surface area contributed by atoms with Gasteiger partial charge < -0.3 is 33.6 Å². The maximum Gasteiger partial charge on any atom is 0.307 e. The van der Waals surface area contributed by atoms with Gasteiger partial charge in [0.2, 0.25) is 26.3 Å². The highest BCUT2D eigenvalue weighted by atomic mass is 28.3. The van der Waals surface area contributed by atoms with Gasteiger partial charge >= 0.3 is 5.97 Å². The highest BCUT2D eigenvalue weighted by Gasteiger charge is 2.56. The van der Waals surface area contributed by atoms with E-state index in [1.165, 1.54) is 11.0 Å². The molecule has 2 aromatic carbocycles. The molecule has 15 nitrogen and oxygen atoms in total. The van der Waals surface area contributed by atoms with Gasteiger partial charge in [-0.05, 0) is 97.7 Å². The summed E-state index contributed by atoms with van der Waals surface area (Å²) in [7, 11) is -2.64. The standard InChI is InChI=1S/C50H65N7O8Si2/c1-9-41(58)54-23-20-50(28-54)47(61)56(30-65-50)43(31(3)4)45(59)52-67-27-33-14-11-15-34(24-33)35-18-19-39-37(25-35)38(44(55(39)10-2)36-16-12-21-51-42(36)32(5)63-8)26-49(6,7)29-64-46(60)40-17-13-22-57(48(67)62)53-66-40/h9,11-12,14-16,18-19,21,24-25,31-32,40,43,53,67H,1,10,13,17,20,22-23,26-30,66H2,2-8H3,(H,52,59)/t32-,40-,43-,50?,67-/m0/s1. The third-order valence-electron chi connectivity index (χ3n) is 14.0. The van der Waals surface area contributed by atoms with Gasteiger partial charge in [-0.25, -0.2) is 0 Å². The normalized spacial score (nSPS) is 23.6. The average molecular weight is 948 g/mol. The fourth-order valence-corrected chi connectivity index (χ4v) is 14.4. The number of aryl methyl sites for hydroxylation is 1. The Hall–Kier alpha value is -5.47. The zero-order valence-corrected chi connectivity index (χ0v) is 42.5. The topological polar surface area (TPSA) is 165 Å². The van der Waals surface area contributed by atoms with Gasteiger partial charge in [-0.15, -0.1) is 0 Å². The molecule has 6 heterocycles. The molecule has 6 bridgehead atoms. The summed E-state index contributed by atoms with van der Waals surface area (Å²) in [5.74, 6) is -1.60. The first-order chi connectivity index (χ1) is 32.1. The lowest BCUT2D eigenvalue weighted by atomic mass is 9.84. The quantitative estimate of drug-likeness (QED) is 0.128. The second-order valence-corrected chi connectivity index (χ2v) is 23.7. The number of nitrogens with zero attached hydrogens (tertiary/aromatic N) is 5. The average Bonchev–Trinajstić information content (AvgIpc) is 3.91. The Balaban J connectivity index is 1.18. The number of hydrogen-bond donors (Lipinski definition) is 2. The number of carbonyl (C=O) groups excluding carboxylic acids is 5. The number of likely N-dealkylation sites (tertiary alicyclic amines) is 1. The monoisotopic (exact) mass is 947 g/mol. The van der Waals surface area contributed by atoms with Crippen LogP contribution in [0.4, 0.5) is 4.79 Å². The maximum atomic E-state index is 14.9. The van der Waals surface area contributed by atoms with E-state index in [9.17, 15) is 24.0 Å². The molecular weight excluding hydrogens is 883 g/mol. The summed E-state index contributed by atoms with van der Waals surface area (Å²) in [6.45, 7) is 17.4. The van der Waals surface area contributed by atoms with Crippen LogP contribution in [0.2, 0.25) is 5.54 Å². The zero-order chi connectivity index (χ0) is 47.8. The molecule has 1 unspecified atom stereocenters. The molecule has 3 fully saturated rings. The van der Waals surface area contributed by atoms with Gasteiger partial charge in [0, 0.05) is 61.2 Å². The van der Waals surface area contributed by atoms with E-state index in [1.54, 1.807) is 23.2 Å². The number of nitrogens with one attached hydrogen (secondary N) is 2. The van der Waals surface area contributed by atoms with Gasteiger partial charge in [0.05, 0.1) is 36.2 Å². The predicted molar refractivity (Wildman–Crippen MR) is 261 cm³/mol. The molecule has 4 aliphatic heterocycles. The third kappa shape index (κ3) is 9.53. The second kappa shape index (κ2) is 19.6. The molecule has 1 spiro atoms. The summed E-state index contributed by atoms with van der Waals surface area (Å²) in [5.41, 5.74) is 5.76. The summed E-state index contributed by atoms with van der Waals surface area (Å²) in [6.07, 6.45) is 4.89. The minimum Gasteiger partial charge on any atom is -0.465 e. The molecule has 4 aromatic rings. The van der Waals surface area contributed by atoms with Crippen molar-refractivity contribution in [2.24, 2.45) is 11.3 Å². The molecule has 5 atom stereocenters. The molecule has 67 heavy (non-hydrogen) atoms. The summed E-state index contributed by atoms with van der Waals surface area (Å²) < 4.78 is 20.5. The Kier molecular flexibility index (Phi) is 14.1. The number of amides is 4. The second-order valence-electron chi connectivity index (χ2n) is 19.7. The summed E-state index contributed by atoms with van der Waals surface area (Å²) in [4.78, 5) is 81.2. The van der Waals surface area contributed by atoms with Crippen LogP contribution in [-0.2, 0) is 52.4 Å². The number of hydrazine groups is 1. The lowest BCUT2D eigenvalue weighted by Crippen LogP contribution is -2.61. The van der Waals surface area contributed by atoms with Crippen LogP contribution in [0.15, 0.2) is 73.4 Å². The number of rotatable bonds is 9. The van der Waals surface area contributed by atoms with Crippen LogP contribution >= 0.6 is 0 Å². The van der Waals surface area contributed by atoms with Crippen LogP contribution in [0.1, 0.15) is 83.7 Å². The maximum absolute atomic E-state index is 14.9. The van der Waals surface area contributed by atoms with Crippen LogP contribution in [0.5, 0.6) is 0 Å². The molecule has 4 aliphatic rings. The molecule has 17 heteroatoms. The number of aromatic nitrogens is 2. The number of esters is 1. The van der Waals surface area contributed by atoms with E-state index >= 15 is 0 Å². The fraction of sp³-hybridized carbons (Fsp3) is 0.480. The van der Waals surface area contributed by atoms with E-state index in [0.29, 0.717) is 51.4 Å². The molecule has 0 radical (unpaired) electrons. The highest BCUT2D eigenvalue weighted by molar-refractivity contribution is 6.88. The van der Waals surface area contributed by atoms with Crippen LogP contribution in [-0.4, -0.2) is 124 Å². The van der Waals surface area contributed by atoms with E-state index in [1.807, 2.05) is 39.0 Å². The summed E-state index contributed by atoms with van der Waals surface area (Å²) in [6, 6.07) is 18.2. The van der Waals surface area contributed by atoms with Gasteiger partial charge in [0.15, 0.2) is 5.60 Å². The third-order valence-corrected chi connectivity index (χ3v) is 18.3. The number of cyclic esters (lactones) is 1. The van der Waals surface area contributed by atoms with E-state index < -0.39 is 41.6 Å². The predicted octanol–water partition coefficient (Wildman–Crippen LogP) is 5.32.